The molecule has 7 nitrogen and oxygen atoms in total. The fraction of sp³-hybridized carbons (Fsp3) is 0.160. The highest BCUT2D eigenvalue weighted by Gasteiger charge is 2.45. The Balaban J connectivity index is 1.70. The first-order chi connectivity index (χ1) is 16.0. The van der Waals surface area contributed by atoms with Gasteiger partial charge in [0, 0.05) is 29.1 Å². The molecule has 8 heteroatoms. The predicted octanol–water partition coefficient (Wildman–Crippen LogP) is 4.96. The Hall–Kier alpha value is -3.91. The van der Waals surface area contributed by atoms with E-state index < -0.39 is 5.63 Å². The van der Waals surface area contributed by atoms with Crippen molar-refractivity contribution in [2.45, 2.75) is 12.0 Å². The molecule has 0 saturated carbocycles. The van der Waals surface area contributed by atoms with Gasteiger partial charge in [0.05, 0.1) is 20.3 Å². The Kier molecular flexibility index (Phi) is 4.22. The maximum Gasteiger partial charge on any atom is 0.360 e. The maximum absolute atomic E-state index is 13.2. The molecule has 0 aliphatic carbocycles. The summed E-state index contributed by atoms with van der Waals surface area (Å²) in [5.74, 6) is 0.427. The number of fused-ring (bicyclic) bond motifs is 7. The third-order valence-electron chi connectivity index (χ3n) is 6.43. The summed E-state index contributed by atoms with van der Waals surface area (Å²) in [5.41, 5.74) is 3.91. The molecule has 2 atom stereocenters. The molecule has 6 rings (SSSR count). The number of thiophene rings is 1. The number of hydrogen-bond acceptors (Lipinski definition) is 8. The minimum absolute atomic E-state index is 0.0575. The fourth-order valence-corrected chi connectivity index (χ4v) is 5.73. The Bertz CT molecular complexity index is 1500. The number of nitrogens with zero attached hydrogens (tertiary/aromatic N) is 1. The van der Waals surface area contributed by atoms with Gasteiger partial charge < -0.3 is 29.0 Å². The largest absolute Gasteiger partial charge is 0.504 e. The zero-order chi connectivity index (χ0) is 22.9. The summed E-state index contributed by atoms with van der Waals surface area (Å²) in [6, 6.07) is 8.44. The minimum Gasteiger partial charge on any atom is -0.504 e. The monoisotopic (exact) mass is 461 g/mol. The van der Waals surface area contributed by atoms with Crippen molar-refractivity contribution in [3.8, 4) is 23.0 Å². The number of rotatable bonds is 3. The summed E-state index contributed by atoms with van der Waals surface area (Å²) in [6.07, 6.45) is 3.72. The third kappa shape index (κ3) is 2.70. The van der Waals surface area contributed by atoms with E-state index in [4.69, 9.17) is 13.9 Å². The Labute approximate surface area is 192 Å². The molecule has 166 valence electrons. The molecular weight excluding hydrogens is 442 g/mol. The van der Waals surface area contributed by atoms with Crippen molar-refractivity contribution < 1.29 is 24.1 Å². The normalized spacial score (nSPS) is 18.2. The highest BCUT2D eigenvalue weighted by Crippen LogP contribution is 2.56. The second-order valence-electron chi connectivity index (χ2n) is 8.03. The van der Waals surface area contributed by atoms with E-state index in [9.17, 15) is 15.0 Å². The van der Waals surface area contributed by atoms with Crippen molar-refractivity contribution in [1.29, 1.82) is 0 Å². The zero-order valence-corrected chi connectivity index (χ0v) is 18.6. The second-order valence-corrected chi connectivity index (χ2v) is 8.81. The van der Waals surface area contributed by atoms with Gasteiger partial charge in [0.1, 0.15) is 11.3 Å². The van der Waals surface area contributed by atoms with Gasteiger partial charge in [0.25, 0.3) is 0 Å². The van der Waals surface area contributed by atoms with Crippen molar-refractivity contribution in [3.05, 3.63) is 80.0 Å². The Morgan fingerprint density at radius 2 is 1.82 bits per heavy atom. The van der Waals surface area contributed by atoms with Gasteiger partial charge in [-0.2, -0.15) is 11.3 Å². The van der Waals surface area contributed by atoms with Gasteiger partial charge >= 0.3 is 5.63 Å². The van der Waals surface area contributed by atoms with Crippen molar-refractivity contribution >= 4 is 34.1 Å². The van der Waals surface area contributed by atoms with Crippen LogP contribution in [0.15, 0.2) is 56.5 Å². The first kappa shape index (κ1) is 19.8. The lowest BCUT2D eigenvalue weighted by molar-refractivity contribution is 0.372. The van der Waals surface area contributed by atoms with Crippen LogP contribution in [0.4, 0.5) is 5.69 Å². The first-order valence-corrected chi connectivity index (χ1v) is 11.2. The highest BCUT2D eigenvalue weighted by atomic mass is 32.1. The fourth-order valence-electron chi connectivity index (χ4n) is 5.03. The molecule has 0 spiro atoms. The number of benzene rings is 2. The Morgan fingerprint density at radius 1 is 1.06 bits per heavy atom. The summed E-state index contributed by atoms with van der Waals surface area (Å²) in [4.78, 5) is 15.2. The van der Waals surface area contributed by atoms with Crippen molar-refractivity contribution in [1.82, 2.24) is 0 Å². The number of methoxy groups -OCH3 is 2. The van der Waals surface area contributed by atoms with Crippen LogP contribution in [0.3, 0.4) is 0 Å². The molecule has 0 saturated heterocycles. The van der Waals surface area contributed by atoms with Crippen LogP contribution in [0.2, 0.25) is 0 Å². The molecule has 2 unspecified atom stereocenters. The van der Waals surface area contributed by atoms with Crippen LogP contribution >= 0.6 is 11.3 Å². The third-order valence-corrected chi connectivity index (χ3v) is 7.13. The van der Waals surface area contributed by atoms with Gasteiger partial charge in [-0.1, -0.05) is 0 Å². The molecule has 2 aromatic heterocycles. The summed E-state index contributed by atoms with van der Waals surface area (Å²) >= 11 is 1.58. The minimum atomic E-state index is -0.483. The van der Waals surface area contributed by atoms with Crippen molar-refractivity contribution in [3.63, 3.8) is 0 Å². The summed E-state index contributed by atoms with van der Waals surface area (Å²) in [6.45, 7) is 0. The molecule has 2 aliphatic rings. The molecular formula is C25H19NO6S. The summed E-state index contributed by atoms with van der Waals surface area (Å²) in [7, 11) is 3.00. The molecule has 2 aliphatic heterocycles. The number of hydrogen-bond donors (Lipinski definition) is 2. The highest BCUT2D eigenvalue weighted by molar-refractivity contribution is 7.08. The van der Waals surface area contributed by atoms with E-state index in [2.05, 4.69) is 11.4 Å². The average Bonchev–Trinajstić information content (AvgIpc) is 3.44. The van der Waals surface area contributed by atoms with E-state index in [0.717, 1.165) is 22.3 Å². The van der Waals surface area contributed by atoms with Gasteiger partial charge in [-0.05, 0) is 57.8 Å². The van der Waals surface area contributed by atoms with Gasteiger partial charge in [-0.3, -0.25) is 0 Å². The molecule has 4 heterocycles. The standard InChI is InChI=1S/C25H19NO6S/c1-30-19-8-14-12(7-16(19)27)3-5-26-23(14)21(13-4-6-33-11-13)22-15-9-20(31-2)17(28)10-18(15)32-25(29)24(22)26/h3-11,21,23,27-28H,1-2H3. The molecule has 0 fully saturated rings. The molecule has 4 aromatic rings. The topological polar surface area (TPSA) is 92.4 Å². The smallest absolute Gasteiger partial charge is 0.360 e. The predicted molar refractivity (Wildman–Crippen MR) is 126 cm³/mol. The van der Waals surface area contributed by atoms with Gasteiger partial charge in [0.15, 0.2) is 23.0 Å². The van der Waals surface area contributed by atoms with Crippen LogP contribution in [0.1, 0.15) is 34.2 Å². The van der Waals surface area contributed by atoms with Crippen LogP contribution in [-0.4, -0.2) is 24.4 Å². The SMILES string of the molecule is COc1cc2c(cc1O)C=CN1c3c(c4cc(OC)c(O)cc4oc3=O)C(c3ccsc3)C21. The molecule has 0 bridgehead atoms. The van der Waals surface area contributed by atoms with Gasteiger partial charge in [-0.15, -0.1) is 0 Å². The van der Waals surface area contributed by atoms with Crippen molar-refractivity contribution in [2.75, 3.05) is 19.1 Å². The van der Waals surface area contributed by atoms with E-state index in [1.165, 1.54) is 20.3 Å². The first-order valence-electron chi connectivity index (χ1n) is 10.3. The summed E-state index contributed by atoms with van der Waals surface area (Å²) in [5, 5.41) is 25.4. The van der Waals surface area contributed by atoms with E-state index in [0.29, 0.717) is 28.2 Å². The van der Waals surface area contributed by atoms with Crippen LogP contribution in [-0.2, 0) is 0 Å². The maximum atomic E-state index is 13.2. The Morgan fingerprint density at radius 3 is 2.55 bits per heavy atom. The second kappa shape index (κ2) is 7.05. The molecule has 0 amide bonds. The van der Waals surface area contributed by atoms with Gasteiger partial charge in [0.2, 0.25) is 0 Å². The lowest BCUT2D eigenvalue weighted by Crippen LogP contribution is -2.27. The van der Waals surface area contributed by atoms with E-state index >= 15 is 0 Å². The van der Waals surface area contributed by atoms with E-state index in [1.807, 2.05) is 28.6 Å². The molecule has 2 N–H and O–H groups in total. The number of aromatic hydroxyl groups is 2. The van der Waals surface area contributed by atoms with Gasteiger partial charge in [-0.25, -0.2) is 4.79 Å². The van der Waals surface area contributed by atoms with Crippen LogP contribution < -0.4 is 20.0 Å². The quantitative estimate of drug-likeness (QED) is 0.417. The van der Waals surface area contributed by atoms with Crippen LogP contribution in [0.25, 0.3) is 17.0 Å². The summed E-state index contributed by atoms with van der Waals surface area (Å²) < 4.78 is 16.4. The number of ether oxygens (including phenoxy) is 2. The van der Waals surface area contributed by atoms with E-state index in [-0.39, 0.29) is 23.5 Å². The van der Waals surface area contributed by atoms with Crippen molar-refractivity contribution in [2.24, 2.45) is 0 Å². The van der Waals surface area contributed by atoms with Crippen LogP contribution in [0.5, 0.6) is 23.0 Å². The lowest BCUT2D eigenvalue weighted by Gasteiger charge is -2.32. The molecule has 0 radical (unpaired) electrons. The molecule has 33 heavy (non-hydrogen) atoms. The van der Waals surface area contributed by atoms with E-state index in [1.54, 1.807) is 23.5 Å². The van der Waals surface area contributed by atoms with Crippen LogP contribution in [0, 0.1) is 0 Å². The lowest BCUT2D eigenvalue weighted by atomic mass is 9.82. The number of phenolic OH excluding ortho intramolecular Hbond substituents is 2. The number of phenols is 2. The zero-order valence-electron chi connectivity index (χ0n) is 17.7. The number of anilines is 1. The molecule has 2 aromatic carbocycles. The average molecular weight is 461 g/mol.